The standard InChI is InChI=1S/C12H17BrN2O3/c13-9-2-3-10(11(14)8-9)12(17)15-4-1-6-18-7-5-16/h2-3,8,16H,1,4-7,14H2,(H,15,17). The molecule has 0 aliphatic rings. The second kappa shape index (κ2) is 8.07. The van der Waals surface area contributed by atoms with E-state index in [2.05, 4.69) is 21.2 Å². The second-order valence-electron chi connectivity index (χ2n) is 3.68. The smallest absolute Gasteiger partial charge is 0.253 e. The molecule has 0 unspecified atom stereocenters. The van der Waals surface area contributed by atoms with Gasteiger partial charge in [-0.2, -0.15) is 0 Å². The number of carbonyl (C=O) groups is 1. The summed E-state index contributed by atoms with van der Waals surface area (Å²) in [4.78, 5) is 11.8. The Morgan fingerprint density at radius 2 is 2.22 bits per heavy atom. The fraction of sp³-hybridized carbons (Fsp3) is 0.417. The summed E-state index contributed by atoms with van der Waals surface area (Å²) >= 11 is 3.28. The van der Waals surface area contributed by atoms with Crippen LogP contribution in [-0.2, 0) is 4.74 Å². The van der Waals surface area contributed by atoms with Gasteiger partial charge in [0.05, 0.1) is 18.8 Å². The van der Waals surface area contributed by atoms with E-state index in [0.29, 0.717) is 37.4 Å². The predicted octanol–water partition coefficient (Wildman–Crippen LogP) is 1.16. The highest BCUT2D eigenvalue weighted by Gasteiger charge is 2.08. The van der Waals surface area contributed by atoms with Crippen molar-refractivity contribution in [2.75, 3.05) is 32.1 Å². The molecular weight excluding hydrogens is 300 g/mol. The molecule has 1 aromatic rings. The van der Waals surface area contributed by atoms with Crippen molar-refractivity contribution in [3.8, 4) is 0 Å². The van der Waals surface area contributed by atoms with Crippen LogP contribution in [0.3, 0.4) is 0 Å². The lowest BCUT2D eigenvalue weighted by Gasteiger charge is -2.08. The van der Waals surface area contributed by atoms with E-state index in [1.165, 1.54) is 0 Å². The van der Waals surface area contributed by atoms with Crippen molar-refractivity contribution in [3.05, 3.63) is 28.2 Å². The third kappa shape index (κ3) is 5.03. The minimum atomic E-state index is -0.192. The number of rotatable bonds is 7. The molecule has 0 bridgehead atoms. The van der Waals surface area contributed by atoms with E-state index in [1.807, 2.05) is 0 Å². The molecule has 0 aliphatic heterocycles. The number of aliphatic hydroxyl groups excluding tert-OH is 1. The topological polar surface area (TPSA) is 84.6 Å². The van der Waals surface area contributed by atoms with Gasteiger partial charge >= 0.3 is 0 Å². The Bertz CT molecular complexity index is 399. The fourth-order valence-electron chi connectivity index (χ4n) is 1.38. The van der Waals surface area contributed by atoms with Gasteiger partial charge in [-0.1, -0.05) is 15.9 Å². The highest BCUT2D eigenvalue weighted by atomic mass is 79.9. The van der Waals surface area contributed by atoms with Crippen molar-refractivity contribution in [2.45, 2.75) is 6.42 Å². The number of halogens is 1. The molecular formula is C12H17BrN2O3. The van der Waals surface area contributed by atoms with Crippen LogP contribution >= 0.6 is 15.9 Å². The van der Waals surface area contributed by atoms with E-state index >= 15 is 0 Å². The molecule has 0 radical (unpaired) electrons. The number of benzene rings is 1. The number of anilines is 1. The summed E-state index contributed by atoms with van der Waals surface area (Å²) < 4.78 is 5.92. The third-order valence-electron chi connectivity index (χ3n) is 2.24. The molecule has 4 N–H and O–H groups in total. The van der Waals surface area contributed by atoms with Crippen LogP contribution in [0.25, 0.3) is 0 Å². The monoisotopic (exact) mass is 316 g/mol. The van der Waals surface area contributed by atoms with E-state index in [0.717, 1.165) is 4.47 Å². The summed E-state index contributed by atoms with van der Waals surface area (Å²) in [6.45, 7) is 1.37. The molecule has 0 aliphatic carbocycles. The Kier molecular flexibility index (Phi) is 6.70. The van der Waals surface area contributed by atoms with Crippen LogP contribution in [0.1, 0.15) is 16.8 Å². The molecule has 0 heterocycles. The first-order valence-electron chi connectivity index (χ1n) is 5.67. The maximum atomic E-state index is 11.8. The number of amides is 1. The molecule has 100 valence electrons. The molecule has 1 amide bonds. The molecule has 0 saturated carbocycles. The molecule has 18 heavy (non-hydrogen) atoms. The number of nitrogens with one attached hydrogen (secondary N) is 1. The van der Waals surface area contributed by atoms with Gasteiger partial charge in [0.25, 0.3) is 5.91 Å². The van der Waals surface area contributed by atoms with Gasteiger partial charge in [-0.3, -0.25) is 4.79 Å². The molecule has 0 fully saturated rings. The van der Waals surface area contributed by atoms with Crippen LogP contribution in [0.4, 0.5) is 5.69 Å². The van der Waals surface area contributed by atoms with Gasteiger partial charge in [0, 0.05) is 23.3 Å². The molecule has 0 aromatic heterocycles. The Balaban J connectivity index is 2.32. The zero-order chi connectivity index (χ0) is 13.4. The van der Waals surface area contributed by atoms with Gasteiger partial charge < -0.3 is 20.9 Å². The zero-order valence-electron chi connectivity index (χ0n) is 9.99. The van der Waals surface area contributed by atoms with E-state index in [9.17, 15) is 4.79 Å². The van der Waals surface area contributed by atoms with Gasteiger partial charge in [0.1, 0.15) is 0 Å². The Labute approximate surface area is 114 Å². The SMILES string of the molecule is Nc1cc(Br)ccc1C(=O)NCCCOCCO. The van der Waals surface area contributed by atoms with E-state index in [1.54, 1.807) is 18.2 Å². The summed E-state index contributed by atoms with van der Waals surface area (Å²) in [6, 6.07) is 5.14. The predicted molar refractivity (Wildman–Crippen MR) is 73.4 cm³/mol. The molecule has 0 saturated heterocycles. The number of hydrogen-bond donors (Lipinski definition) is 3. The average molecular weight is 317 g/mol. The first kappa shape index (κ1) is 14.9. The van der Waals surface area contributed by atoms with E-state index in [4.69, 9.17) is 15.6 Å². The van der Waals surface area contributed by atoms with Crippen molar-refractivity contribution in [1.82, 2.24) is 5.32 Å². The van der Waals surface area contributed by atoms with Gasteiger partial charge in [-0.05, 0) is 24.6 Å². The molecule has 6 heteroatoms. The zero-order valence-corrected chi connectivity index (χ0v) is 11.6. The van der Waals surface area contributed by atoms with E-state index in [-0.39, 0.29) is 12.5 Å². The van der Waals surface area contributed by atoms with Crippen molar-refractivity contribution >= 4 is 27.5 Å². The minimum Gasteiger partial charge on any atom is -0.398 e. The Morgan fingerprint density at radius 3 is 2.89 bits per heavy atom. The van der Waals surface area contributed by atoms with Crippen molar-refractivity contribution in [3.63, 3.8) is 0 Å². The molecule has 0 atom stereocenters. The van der Waals surface area contributed by atoms with Crippen LogP contribution in [-0.4, -0.2) is 37.4 Å². The highest BCUT2D eigenvalue weighted by molar-refractivity contribution is 9.10. The summed E-state index contributed by atoms with van der Waals surface area (Å²) in [7, 11) is 0. The second-order valence-corrected chi connectivity index (χ2v) is 4.59. The van der Waals surface area contributed by atoms with Crippen LogP contribution in [0.2, 0.25) is 0 Å². The normalized spacial score (nSPS) is 10.3. The first-order chi connectivity index (χ1) is 8.65. The number of aliphatic hydroxyl groups is 1. The van der Waals surface area contributed by atoms with Crippen molar-refractivity contribution in [2.24, 2.45) is 0 Å². The average Bonchev–Trinajstić information content (AvgIpc) is 2.33. The highest BCUT2D eigenvalue weighted by Crippen LogP contribution is 2.18. The largest absolute Gasteiger partial charge is 0.398 e. The van der Waals surface area contributed by atoms with Gasteiger partial charge in [0.2, 0.25) is 0 Å². The molecule has 0 spiro atoms. The maximum absolute atomic E-state index is 11.8. The maximum Gasteiger partial charge on any atom is 0.253 e. The summed E-state index contributed by atoms with van der Waals surface area (Å²) in [5.41, 5.74) is 6.66. The third-order valence-corrected chi connectivity index (χ3v) is 2.74. The quantitative estimate of drug-likeness (QED) is 0.520. The first-order valence-corrected chi connectivity index (χ1v) is 6.46. The van der Waals surface area contributed by atoms with Gasteiger partial charge in [-0.15, -0.1) is 0 Å². The van der Waals surface area contributed by atoms with Crippen molar-refractivity contribution in [1.29, 1.82) is 0 Å². The van der Waals surface area contributed by atoms with Crippen LogP contribution in [0.5, 0.6) is 0 Å². The summed E-state index contributed by atoms with van der Waals surface area (Å²) in [5, 5.41) is 11.3. The number of hydrogen-bond acceptors (Lipinski definition) is 4. The Morgan fingerprint density at radius 1 is 1.44 bits per heavy atom. The van der Waals surface area contributed by atoms with Crippen LogP contribution in [0, 0.1) is 0 Å². The molecule has 5 nitrogen and oxygen atoms in total. The Hall–Kier alpha value is -1.11. The lowest BCUT2D eigenvalue weighted by Crippen LogP contribution is -2.26. The summed E-state index contributed by atoms with van der Waals surface area (Å²) in [6.07, 6.45) is 0.697. The number of nitrogens with two attached hydrogens (primary N) is 1. The van der Waals surface area contributed by atoms with Crippen LogP contribution < -0.4 is 11.1 Å². The summed E-state index contributed by atoms with van der Waals surface area (Å²) in [5.74, 6) is -0.192. The molecule has 1 rings (SSSR count). The number of nitrogen functional groups attached to an aromatic ring is 1. The lowest BCUT2D eigenvalue weighted by molar-refractivity contribution is 0.0868. The number of ether oxygens (including phenoxy) is 1. The lowest BCUT2D eigenvalue weighted by atomic mass is 10.1. The van der Waals surface area contributed by atoms with E-state index < -0.39 is 0 Å². The van der Waals surface area contributed by atoms with Crippen molar-refractivity contribution < 1.29 is 14.6 Å². The van der Waals surface area contributed by atoms with Gasteiger partial charge in [-0.25, -0.2) is 0 Å². The molecule has 1 aromatic carbocycles. The van der Waals surface area contributed by atoms with Crippen LogP contribution in [0.15, 0.2) is 22.7 Å². The van der Waals surface area contributed by atoms with Gasteiger partial charge in [0.15, 0.2) is 0 Å². The minimum absolute atomic E-state index is 0.0157. The fourth-order valence-corrected chi connectivity index (χ4v) is 1.76. The number of carbonyl (C=O) groups excluding carboxylic acids is 1.